The zero-order chi connectivity index (χ0) is 17.1. The molecule has 124 valence electrons. The van der Waals surface area contributed by atoms with E-state index < -0.39 is 0 Å². The third kappa shape index (κ3) is 3.15. The van der Waals surface area contributed by atoms with Gasteiger partial charge in [-0.25, -0.2) is 14.5 Å². The van der Waals surface area contributed by atoms with Crippen molar-refractivity contribution in [1.29, 1.82) is 0 Å². The first-order valence-corrected chi connectivity index (χ1v) is 7.51. The summed E-state index contributed by atoms with van der Waals surface area (Å²) >= 11 is 0. The van der Waals surface area contributed by atoms with Gasteiger partial charge in [-0.3, -0.25) is 0 Å². The molecular formula is C16H13N7O2. The molecule has 2 aromatic carbocycles. The predicted octanol–water partition coefficient (Wildman–Crippen LogP) is 1.46. The minimum absolute atomic E-state index is 0.263. The summed E-state index contributed by atoms with van der Waals surface area (Å²) in [4.78, 5) is 12.2. The molecule has 0 aliphatic rings. The molecule has 9 nitrogen and oxygen atoms in total. The third-order valence-corrected chi connectivity index (χ3v) is 3.50. The molecule has 2 aromatic heterocycles. The maximum Gasteiger partial charge on any atom is 0.347 e. The van der Waals surface area contributed by atoms with Crippen LogP contribution in [-0.2, 0) is 6.42 Å². The average Bonchev–Trinajstić information content (AvgIpc) is 3.26. The number of tetrazole rings is 1. The molecule has 0 aliphatic heterocycles. The minimum Gasteiger partial charge on any atom is -0.457 e. The molecule has 0 amide bonds. The number of ether oxygens (including phenoxy) is 1. The topological polar surface area (TPSA) is 114 Å². The summed E-state index contributed by atoms with van der Waals surface area (Å²) in [6, 6.07) is 16.6. The van der Waals surface area contributed by atoms with Crippen molar-refractivity contribution in [1.82, 2.24) is 35.4 Å². The highest BCUT2D eigenvalue weighted by molar-refractivity contribution is 5.42. The standard InChI is InChI=1S/C16H13N7O2/c24-16-20-19-15(10-14-17-21-22-18-14)23(16)11-5-4-8-13(9-11)25-12-6-2-1-3-7-12/h1-9H,10H2,(H,20,24)(H,17,18,21,22). The van der Waals surface area contributed by atoms with Gasteiger partial charge < -0.3 is 4.74 Å². The number of rotatable bonds is 5. The fourth-order valence-corrected chi connectivity index (χ4v) is 2.42. The Balaban J connectivity index is 1.67. The molecule has 4 aromatic rings. The molecule has 2 heterocycles. The second-order valence-electron chi connectivity index (χ2n) is 5.20. The Morgan fingerprint density at radius 1 is 1.00 bits per heavy atom. The Hall–Kier alpha value is -3.75. The highest BCUT2D eigenvalue weighted by Crippen LogP contribution is 2.23. The van der Waals surface area contributed by atoms with Gasteiger partial charge in [-0.2, -0.15) is 10.3 Å². The Kier molecular flexibility index (Phi) is 3.79. The quantitative estimate of drug-likeness (QED) is 0.570. The van der Waals surface area contributed by atoms with Gasteiger partial charge in [0.2, 0.25) is 0 Å². The number of benzene rings is 2. The molecule has 25 heavy (non-hydrogen) atoms. The van der Waals surface area contributed by atoms with E-state index in [9.17, 15) is 4.79 Å². The van der Waals surface area contributed by atoms with Gasteiger partial charge in [0.1, 0.15) is 17.3 Å². The van der Waals surface area contributed by atoms with Crippen molar-refractivity contribution in [3.63, 3.8) is 0 Å². The van der Waals surface area contributed by atoms with Crippen molar-refractivity contribution in [3.05, 3.63) is 76.7 Å². The number of aromatic nitrogens is 7. The van der Waals surface area contributed by atoms with Crippen LogP contribution in [-0.4, -0.2) is 35.4 Å². The van der Waals surface area contributed by atoms with Crippen LogP contribution in [0.1, 0.15) is 11.6 Å². The van der Waals surface area contributed by atoms with Crippen LogP contribution in [0.5, 0.6) is 11.5 Å². The average molecular weight is 335 g/mol. The molecule has 0 atom stereocenters. The summed E-state index contributed by atoms with van der Waals surface area (Å²) in [6.07, 6.45) is 0.263. The summed E-state index contributed by atoms with van der Waals surface area (Å²) in [5, 5.41) is 20.2. The van der Waals surface area contributed by atoms with Crippen LogP contribution in [0.2, 0.25) is 0 Å². The van der Waals surface area contributed by atoms with Crippen LogP contribution in [0, 0.1) is 0 Å². The lowest BCUT2D eigenvalue weighted by Gasteiger charge is -2.09. The maximum absolute atomic E-state index is 12.2. The Labute approximate surface area is 141 Å². The predicted molar refractivity (Wildman–Crippen MR) is 87.7 cm³/mol. The Morgan fingerprint density at radius 2 is 1.84 bits per heavy atom. The summed E-state index contributed by atoms with van der Waals surface area (Å²) < 4.78 is 7.27. The number of H-pyrrole nitrogens is 2. The van der Waals surface area contributed by atoms with Gasteiger partial charge in [-0.15, -0.1) is 10.2 Å². The molecule has 0 unspecified atom stereocenters. The van der Waals surface area contributed by atoms with E-state index in [1.165, 1.54) is 4.57 Å². The van der Waals surface area contributed by atoms with Crippen molar-refractivity contribution in [3.8, 4) is 17.2 Å². The molecule has 0 aliphatic carbocycles. The molecule has 4 rings (SSSR count). The fraction of sp³-hybridized carbons (Fsp3) is 0.0625. The van der Waals surface area contributed by atoms with E-state index in [2.05, 4.69) is 30.8 Å². The van der Waals surface area contributed by atoms with Crippen molar-refractivity contribution in [2.24, 2.45) is 0 Å². The van der Waals surface area contributed by atoms with Crippen molar-refractivity contribution in [2.45, 2.75) is 6.42 Å². The monoisotopic (exact) mass is 335 g/mol. The lowest BCUT2D eigenvalue weighted by atomic mass is 10.2. The van der Waals surface area contributed by atoms with Crippen molar-refractivity contribution < 1.29 is 4.74 Å². The summed E-state index contributed by atoms with van der Waals surface area (Å²) in [7, 11) is 0. The van der Waals surface area contributed by atoms with Crippen LogP contribution in [0.25, 0.3) is 5.69 Å². The van der Waals surface area contributed by atoms with E-state index in [0.29, 0.717) is 28.8 Å². The molecule has 0 radical (unpaired) electrons. The van der Waals surface area contributed by atoms with Crippen LogP contribution in [0.3, 0.4) is 0 Å². The fourth-order valence-electron chi connectivity index (χ4n) is 2.42. The van der Waals surface area contributed by atoms with Crippen LogP contribution in [0.15, 0.2) is 59.4 Å². The van der Waals surface area contributed by atoms with Gasteiger partial charge in [0, 0.05) is 6.07 Å². The minimum atomic E-state index is -0.352. The zero-order valence-electron chi connectivity index (χ0n) is 13.0. The van der Waals surface area contributed by atoms with Crippen LogP contribution in [0.4, 0.5) is 0 Å². The number of hydrogen-bond acceptors (Lipinski definition) is 6. The third-order valence-electron chi connectivity index (χ3n) is 3.50. The lowest BCUT2D eigenvalue weighted by Crippen LogP contribution is -2.17. The van der Waals surface area contributed by atoms with Crippen LogP contribution >= 0.6 is 0 Å². The largest absolute Gasteiger partial charge is 0.457 e. The van der Waals surface area contributed by atoms with Crippen molar-refractivity contribution >= 4 is 0 Å². The van der Waals surface area contributed by atoms with Gasteiger partial charge in [0.05, 0.1) is 12.1 Å². The number of nitrogens with one attached hydrogen (secondary N) is 2. The Bertz CT molecular complexity index is 1020. The normalized spacial score (nSPS) is 10.7. The molecule has 0 spiro atoms. The van der Waals surface area contributed by atoms with Gasteiger partial charge >= 0.3 is 5.69 Å². The highest BCUT2D eigenvalue weighted by Gasteiger charge is 2.14. The molecule has 0 saturated heterocycles. The van der Waals surface area contributed by atoms with E-state index in [1.54, 1.807) is 12.1 Å². The van der Waals surface area contributed by atoms with Gasteiger partial charge in [0.15, 0.2) is 5.82 Å². The van der Waals surface area contributed by atoms with Crippen LogP contribution < -0.4 is 10.4 Å². The summed E-state index contributed by atoms with van der Waals surface area (Å²) in [5.41, 5.74) is 0.279. The maximum atomic E-state index is 12.2. The van der Waals surface area contributed by atoms with E-state index in [1.807, 2.05) is 42.5 Å². The zero-order valence-corrected chi connectivity index (χ0v) is 13.0. The SMILES string of the molecule is O=c1[nH]nc(Cc2nn[nH]n2)n1-c1cccc(Oc2ccccc2)c1. The van der Waals surface area contributed by atoms with E-state index in [4.69, 9.17) is 4.74 Å². The summed E-state index contributed by atoms with van der Waals surface area (Å²) in [5.74, 6) is 2.24. The van der Waals surface area contributed by atoms with Gasteiger partial charge in [0.25, 0.3) is 0 Å². The highest BCUT2D eigenvalue weighted by atomic mass is 16.5. The number of para-hydroxylation sites is 1. The first-order valence-electron chi connectivity index (χ1n) is 7.51. The first-order chi connectivity index (χ1) is 12.3. The molecular weight excluding hydrogens is 322 g/mol. The smallest absolute Gasteiger partial charge is 0.347 e. The Morgan fingerprint density at radius 3 is 2.64 bits per heavy atom. The van der Waals surface area contributed by atoms with Crippen molar-refractivity contribution in [2.75, 3.05) is 0 Å². The number of hydrogen-bond donors (Lipinski definition) is 2. The number of nitrogens with zero attached hydrogens (tertiary/aromatic N) is 5. The van der Waals surface area contributed by atoms with E-state index in [-0.39, 0.29) is 12.1 Å². The second-order valence-corrected chi connectivity index (χ2v) is 5.20. The van der Waals surface area contributed by atoms with E-state index >= 15 is 0 Å². The first kappa shape index (κ1) is 14.8. The second kappa shape index (κ2) is 6.40. The van der Waals surface area contributed by atoms with Gasteiger partial charge in [-0.1, -0.05) is 29.5 Å². The molecule has 0 fully saturated rings. The van der Waals surface area contributed by atoms with E-state index in [0.717, 1.165) is 0 Å². The molecule has 0 bridgehead atoms. The molecule has 9 heteroatoms. The lowest BCUT2D eigenvalue weighted by molar-refractivity contribution is 0.482. The van der Waals surface area contributed by atoms with Gasteiger partial charge in [-0.05, 0) is 24.3 Å². The number of aromatic amines is 2. The molecule has 0 saturated carbocycles. The summed E-state index contributed by atoms with van der Waals surface area (Å²) in [6.45, 7) is 0. The molecule has 2 N–H and O–H groups in total.